The van der Waals surface area contributed by atoms with Gasteiger partial charge >= 0.3 is 6.03 Å². The van der Waals surface area contributed by atoms with Gasteiger partial charge in [0.25, 0.3) is 0 Å². The summed E-state index contributed by atoms with van der Waals surface area (Å²) in [7, 11) is 0. The summed E-state index contributed by atoms with van der Waals surface area (Å²) in [6.45, 7) is 10.3. The maximum Gasteiger partial charge on any atom is 0.320 e. The fourth-order valence-electron chi connectivity index (χ4n) is 5.44. The molecular formula is C31H41F3N6O2. The van der Waals surface area contributed by atoms with Gasteiger partial charge in [0.2, 0.25) is 0 Å². The Balaban J connectivity index is 1.86. The van der Waals surface area contributed by atoms with E-state index in [0.29, 0.717) is 18.9 Å². The third kappa shape index (κ3) is 7.49. The summed E-state index contributed by atoms with van der Waals surface area (Å²) in [5, 5.41) is 4.64. The average Bonchev–Trinajstić information content (AvgIpc) is 3.33. The van der Waals surface area contributed by atoms with E-state index in [4.69, 9.17) is 15.5 Å². The number of halogens is 3. The van der Waals surface area contributed by atoms with E-state index in [1.807, 2.05) is 65.0 Å². The molecule has 0 aliphatic carbocycles. The Morgan fingerprint density at radius 3 is 2.40 bits per heavy atom. The Kier molecular flexibility index (Phi) is 9.93. The van der Waals surface area contributed by atoms with Crippen LogP contribution in [0.5, 0.6) is 0 Å². The molecule has 0 saturated carbocycles. The standard InChI is InChI=1S/C31H41F3N6O2/c1-20-17-38(18-21(2)42-20)30(41)39(14-13-24(35)16-32)27(31(3,4)5)29-36-28(25-15-23(33)11-12-26(25)34)37-40(29)19-22-9-7-6-8-10-22/h6-12,15,20-21,24,27H,13-14,16-19,35H2,1-5H3/t20-,21+,24?,27-/m0/s1. The van der Waals surface area contributed by atoms with Gasteiger partial charge in [0.15, 0.2) is 11.6 Å². The van der Waals surface area contributed by atoms with Gasteiger partial charge in [-0.05, 0) is 49.4 Å². The van der Waals surface area contributed by atoms with Gasteiger partial charge in [-0.3, -0.25) is 0 Å². The number of amides is 2. The summed E-state index contributed by atoms with van der Waals surface area (Å²) in [6.07, 6.45) is -0.0994. The number of benzene rings is 2. The molecule has 0 spiro atoms. The molecule has 1 saturated heterocycles. The highest BCUT2D eigenvalue weighted by atomic mass is 19.1. The van der Waals surface area contributed by atoms with Crippen molar-refractivity contribution in [1.29, 1.82) is 0 Å². The number of alkyl halides is 1. The van der Waals surface area contributed by atoms with Crippen LogP contribution < -0.4 is 5.73 Å². The normalized spacial score (nSPS) is 19.0. The molecule has 1 unspecified atom stereocenters. The molecule has 2 amide bonds. The van der Waals surface area contributed by atoms with E-state index in [0.717, 1.165) is 23.8 Å². The first-order valence-corrected chi connectivity index (χ1v) is 14.3. The van der Waals surface area contributed by atoms with Crippen molar-refractivity contribution >= 4 is 6.03 Å². The predicted octanol–water partition coefficient (Wildman–Crippen LogP) is 5.58. The van der Waals surface area contributed by atoms with Crippen LogP contribution in [0.3, 0.4) is 0 Å². The van der Waals surface area contributed by atoms with Gasteiger partial charge in [-0.2, -0.15) is 5.10 Å². The van der Waals surface area contributed by atoms with Crippen molar-refractivity contribution in [1.82, 2.24) is 24.6 Å². The molecule has 228 valence electrons. The molecule has 0 bridgehead atoms. The Labute approximate surface area is 245 Å². The first-order chi connectivity index (χ1) is 19.9. The number of nitrogens with zero attached hydrogens (tertiary/aromatic N) is 5. The lowest BCUT2D eigenvalue weighted by molar-refractivity contribution is -0.0613. The maximum absolute atomic E-state index is 14.9. The number of carbonyl (C=O) groups is 1. The minimum absolute atomic E-state index is 0.00802. The zero-order valence-electron chi connectivity index (χ0n) is 24.9. The number of morpholine rings is 1. The highest BCUT2D eigenvalue weighted by Gasteiger charge is 2.41. The van der Waals surface area contributed by atoms with Crippen LogP contribution in [0, 0.1) is 17.0 Å². The second-order valence-electron chi connectivity index (χ2n) is 12.2. The van der Waals surface area contributed by atoms with Crippen molar-refractivity contribution < 1.29 is 22.7 Å². The highest BCUT2D eigenvalue weighted by molar-refractivity contribution is 5.75. The largest absolute Gasteiger partial charge is 0.372 e. The van der Waals surface area contributed by atoms with Gasteiger partial charge < -0.3 is 20.3 Å². The van der Waals surface area contributed by atoms with E-state index < -0.39 is 35.8 Å². The van der Waals surface area contributed by atoms with E-state index in [9.17, 15) is 18.0 Å². The number of urea groups is 1. The molecule has 1 aromatic heterocycles. The Morgan fingerprint density at radius 2 is 1.79 bits per heavy atom. The predicted molar refractivity (Wildman–Crippen MR) is 155 cm³/mol. The molecule has 1 fully saturated rings. The lowest BCUT2D eigenvalue weighted by atomic mass is 9.84. The Hall–Kier alpha value is -3.44. The number of hydrogen-bond donors (Lipinski definition) is 1. The highest BCUT2D eigenvalue weighted by Crippen LogP contribution is 2.39. The zero-order valence-corrected chi connectivity index (χ0v) is 24.9. The fraction of sp³-hybridized carbons (Fsp3) is 0.516. The third-order valence-electron chi connectivity index (χ3n) is 7.30. The smallest absolute Gasteiger partial charge is 0.320 e. The summed E-state index contributed by atoms with van der Waals surface area (Å²) < 4.78 is 50.1. The number of ether oxygens (including phenoxy) is 1. The van der Waals surface area contributed by atoms with Gasteiger partial charge in [0.1, 0.15) is 18.3 Å². The second-order valence-corrected chi connectivity index (χ2v) is 12.2. The van der Waals surface area contributed by atoms with Crippen LogP contribution in [0.2, 0.25) is 0 Å². The van der Waals surface area contributed by atoms with Crippen LogP contribution in [0.1, 0.15) is 58.5 Å². The SMILES string of the molecule is C[C@@H]1CN(C(=O)N(CCC(N)CF)[C@@H](c2nc(-c3cc(F)ccc3F)nn2Cc2ccccc2)C(C)(C)C)C[C@H](C)O1. The minimum atomic E-state index is -0.748. The van der Waals surface area contributed by atoms with Crippen molar-refractivity contribution in [3.63, 3.8) is 0 Å². The van der Waals surface area contributed by atoms with E-state index in [2.05, 4.69) is 5.10 Å². The van der Waals surface area contributed by atoms with Crippen LogP contribution in [0.15, 0.2) is 48.5 Å². The molecule has 0 radical (unpaired) electrons. The molecule has 11 heteroatoms. The number of rotatable bonds is 9. The molecule has 1 aliphatic heterocycles. The molecule has 8 nitrogen and oxygen atoms in total. The van der Waals surface area contributed by atoms with Crippen LogP contribution in [-0.4, -0.2) is 75.2 Å². The molecule has 2 N–H and O–H groups in total. The first-order valence-electron chi connectivity index (χ1n) is 14.3. The number of nitrogens with two attached hydrogens (primary N) is 1. The van der Waals surface area contributed by atoms with Crippen molar-refractivity contribution in [3.05, 3.63) is 71.6 Å². The van der Waals surface area contributed by atoms with Crippen molar-refractivity contribution in [3.8, 4) is 11.4 Å². The van der Waals surface area contributed by atoms with Gasteiger partial charge in [-0.25, -0.2) is 27.6 Å². The molecule has 2 heterocycles. The monoisotopic (exact) mass is 586 g/mol. The van der Waals surface area contributed by atoms with Crippen molar-refractivity contribution in [2.45, 2.75) is 71.9 Å². The quantitative estimate of drug-likeness (QED) is 0.354. The van der Waals surface area contributed by atoms with Crippen molar-refractivity contribution in [2.24, 2.45) is 11.1 Å². The minimum Gasteiger partial charge on any atom is -0.372 e. The molecular weight excluding hydrogens is 545 g/mol. The molecule has 1 aliphatic rings. The Bertz CT molecular complexity index is 1340. The molecule has 4 atom stereocenters. The first kappa shape index (κ1) is 31.5. The molecule has 42 heavy (non-hydrogen) atoms. The fourth-order valence-corrected chi connectivity index (χ4v) is 5.44. The summed E-state index contributed by atoms with van der Waals surface area (Å²) in [5.74, 6) is -0.868. The summed E-state index contributed by atoms with van der Waals surface area (Å²) >= 11 is 0. The lowest BCUT2D eigenvalue weighted by Crippen LogP contribution is -2.55. The summed E-state index contributed by atoms with van der Waals surface area (Å²) in [5.41, 5.74) is 6.21. The molecule has 2 aromatic carbocycles. The lowest BCUT2D eigenvalue weighted by Gasteiger charge is -2.44. The van der Waals surface area contributed by atoms with E-state index in [-0.39, 0.29) is 49.1 Å². The van der Waals surface area contributed by atoms with Crippen LogP contribution in [0.25, 0.3) is 11.4 Å². The second kappa shape index (κ2) is 13.2. The summed E-state index contributed by atoms with van der Waals surface area (Å²) in [4.78, 5) is 22.5. The zero-order chi connectivity index (χ0) is 30.6. The Morgan fingerprint density at radius 1 is 1.12 bits per heavy atom. The van der Waals surface area contributed by atoms with Gasteiger partial charge in [0.05, 0.1) is 30.4 Å². The number of aromatic nitrogens is 3. The van der Waals surface area contributed by atoms with Crippen molar-refractivity contribution in [2.75, 3.05) is 26.3 Å². The van der Waals surface area contributed by atoms with Gasteiger partial charge in [-0.15, -0.1) is 0 Å². The summed E-state index contributed by atoms with van der Waals surface area (Å²) in [6, 6.07) is 11.0. The van der Waals surface area contributed by atoms with E-state index in [1.54, 1.807) is 14.5 Å². The van der Waals surface area contributed by atoms with Gasteiger partial charge in [-0.1, -0.05) is 51.1 Å². The van der Waals surface area contributed by atoms with E-state index in [1.165, 1.54) is 0 Å². The van der Waals surface area contributed by atoms with Gasteiger partial charge in [0, 0.05) is 25.7 Å². The maximum atomic E-state index is 14.9. The van der Waals surface area contributed by atoms with Crippen LogP contribution >= 0.6 is 0 Å². The number of hydrogen-bond acceptors (Lipinski definition) is 5. The molecule has 4 rings (SSSR count). The topological polar surface area (TPSA) is 89.5 Å². The molecule has 3 aromatic rings. The van der Waals surface area contributed by atoms with Crippen LogP contribution in [-0.2, 0) is 11.3 Å². The average molecular weight is 587 g/mol. The third-order valence-corrected chi connectivity index (χ3v) is 7.30. The number of carbonyl (C=O) groups excluding carboxylic acids is 1. The van der Waals surface area contributed by atoms with Crippen LogP contribution in [0.4, 0.5) is 18.0 Å². The van der Waals surface area contributed by atoms with E-state index >= 15 is 0 Å².